The maximum Gasteiger partial charge on any atom is 1.00 e. The Balaban J connectivity index is 0.00000748. The normalized spacial score (nSPS) is 15.0. The topological polar surface area (TPSA) is 467 Å². The summed E-state index contributed by atoms with van der Waals surface area (Å²) in [5.74, 6) is -5.82. The molecule has 0 bridgehead atoms. The van der Waals surface area contributed by atoms with Crippen LogP contribution < -0.4 is 188 Å². The quantitative estimate of drug-likeness (QED) is 0.0651. The monoisotopic (exact) mass is 1110 g/mol. The van der Waals surface area contributed by atoms with E-state index in [1.54, 1.807) is 0 Å². The Morgan fingerprint density at radius 1 is 0.412 bits per heavy atom. The number of rotatable bonds is 10. The first-order valence-corrected chi connectivity index (χ1v) is 23.9. The number of benzene rings is 4. The Kier molecular flexibility index (Phi) is 24.1. The molecule has 0 amide bonds. The molecule has 2 aliphatic carbocycles. The number of nitrogens with zero attached hydrogens (tertiary/aromatic N) is 2. The van der Waals surface area contributed by atoms with E-state index in [9.17, 15) is 97.6 Å². The van der Waals surface area contributed by atoms with Crippen molar-refractivity contribution in [2.75, 3.05) is 10.9 Å². The molecule has 0 radical (unpaired) electrons. The summed E-state index contributed by atoms with van der Waals surface area (Å²) in [5.41, 5.74) is -4.73. The van der Waals surface area contributed by atoms with Gasteiger partial charge in [-0.3, -0.25) is 20.4 Å². The minimum Gasteiger partial charge on any atom is -0.744 e. The average molecular weight is 1110 g/mol. The molecule has 328 valence electrons. The van der Waals surface area contributed by atoms with E-state index < -0.39 is 169 Å². The largest absolute Gasteiger partial charge is 1.00 e. The van der Waals surface area contributed by atoms with Gasteiger partial charge in [-0.1, -0.05) is 0 Å². The van der Waals surface area contributed by atoms with E-state index in [-0.39, 0.29) is 189 Å². The number of ketones is 2. The molecule has 0 aliphatic heterocycles. The first-order chi connectivity index (χ1) is 28.2. The molecule has 0 unspecified atom stereocenters. The van der Waals surface area contributed by atoms with Crippen molar-refractivity contribution in [1.82, 2.24) is 0 Å². The summed E-state index contributed by atoms with van der Waals surface area (Å²) in [7, 11) is -33.6. The number of carbonyl (C=O) groups excluding carboxylic acids is 2. The van der Waals surface area contributed by atoms with Gasteiger partial charge in [0, 0.05) is 5.39 Å². The number of nitrogens with one attached hydrogen (secondary N) is 2. The summed E-state index contributed by atoms with van der Waals surface area (Å²) in [4.78, 5) is 19.5. The fourth-order valence-corrected chi connectivity index (χ4v) is 9.30. The number of anilines is 2. The molecule has 68 heavy (non-hydrogen) atoms. The standard InChI is InChI=1S/C30H20N4O22S6.6Na/c35-20-9-16(59(45,46)47)2-11-1-14(57(39,40)41)7-18(24(11)20)31-33-27-22(61(51,52)53)5-12-3-15(58(42,43)44)8-19(25(12)29(27)37)32-34-28-23(62(54,55)56)6-13-4-17(60(48,49)50)10-21(36)26(13)30(28)38;;;;;;/h1-10,31-32,35-36H,(H,39,40,41)(H,42,43,44)(H,45,46,47)(H,48,49,50)(H,51,52,53)(H,54,55,56);;;;;;/q;6*+1/p-6/b33-27+,34-28+;;;;;;. The summed E-state index contributed by atoms with van der Waals surface area (Å²) in [6.07, 6.45) is 0.563. The van der Waals surface area contributed by atoms with Crippen LogP contribution in [0.2, 0.25) is 0 Å². The Morgan fingerprint density at radius 3 is 1.15 bits per heavy atom. The second-order valence-corrected chi connectivity index (χ2v) is 20.6. The van der Waals surface area contributed by atoms with E-state index in [2.05, 4.69) is 10.2 Å². The molecule has 0 atom stereocenters. The number of carbonyl (C=O) groups is 2. The van der Waals surface area contributed by atoms with E-state index in [1.165, 1.54) is 0 Å². The fraction of sp³-hybridized carbons (Fsp3) is 0. The van der Waals surface area contributed by atoms with Gasteiger partial charge in [-0.05, 0) is 77.2 Å². The number of allylic oxidation sites excluding steroid dienone is 2. The number of hydrogen-bond acceptors (Lipinski definition) is 26. The maximum atomic E-state index is 14.1. The molecule has 4 aromatic carbocycles. The first-order valence-electron chi connectivity index (χ1n) is 15.5. The van der Waals surface area contributed by atoms with Crippen molar-refractivity contribution >= 4 is 118 Å². The number of phenolic OH excluding ortho intramolecular Hbond substituents is 2. The molecule has 4 N–H and O–H groups in total. The molecule has 2 aliphatic rings. The van der Waals surface area contributed by atoms with E-state index >= 15 is 0 Å². The van der Waals surface area contributed by atoms with Crippen LogP contribution in [0, 0.1) is 0 Å². The van der Waals surface area contributed by atoms with Gasteiger partial charge in [-0.2, -0.15) is 10.2 Å². The van der Waals surface area contributed by atoms with Crippen LogP contribution in [0.5, 0.6) is 11.5 Å². The van der Waals surface area contributed by atoms with Crippen LogP contribution in [-0.2, 0) is 60.7 Å². The third-order valence-corrected chi connectivity index (χ3v) is 13.4. The van der Waals surface area contributed by atoms with Gasteiger partial charge in [0.05, 0.1) is 51.9 Å². The predicted octanol–water partition coefficient (Wildman–Crippen LogP) is -19.0. The zero-order chi connectivity index (χ0) is 46.4. The Bertz CT molecular complexity index is 3640. The summed E-state index contributed by atoms with van der Waals surface area (Å²) < 4.78 is 216. The van der Waals surface area contributed by atoms with Crippen LogP contribution in [0.25, 0.3) is 22.9 Å². The smallest absolute Gasteiger partial charge is 0.744 e. The number of hydrazone groups is 2. The molecule has 0 heterocycles. The van der Waals surface area contributed by atoms with Crippen LogP contribution >= 0.6 is 0 Å². The van der Waals surface area contributed by atoms with E-state index in [1.807, 2.05) is 10.9 Å². The van der Waals surface area contributed by atoms with Crippen molar-refractivity contribution in [2.45, 2.75) is 19.6 Å². The maximum absolute atomic E-state index is 14.1. The van der Waals surface area contributed by atoms with Gasteiger partial charge in [-0.15, -0.1) is 0 Å². The van der Waals surface area contributed by atoms with Crippen LogP contribution in [0.3, 0.4) is 0 Å². The molecular formula is C30H14N4Na6O22S6. The molecule has 26 nitrogen and oxygen atoms in total. The summed E-state index contributed by atoms with van der Waals surface area (Å²) in [5, 5.41) is 26.7. The SMILES string of the molecule is O=C1/C(=N/Nc2cc(S(=O)(=O)[O-])cc3c2C(=O)/C(=N/Nc2cc(S(=O)(=O)[O-])cc4cc(S(=O)(=O)[O-])cc(O)c24)C(S(=O)(=O)[O-])=C3)C(S(=O)(=O)[O-])=Cc2cc(S(=O)(=O)[O-])cc(O)c21.[Na+].[Na+].[Na+].[Na+].[Na+].[Na+]. The van der Waals surface area contributed by atoms with Crippen LogP contribution in [0.15, 0.2) is 88.1 Å². The van der Waals surface area contributed by atoms with Gasteiger partial charge < -0.3 is 37.5 Å². The summed E-state index contributed by atoms with van der Waals surface area (Å²) in [6, 6.07) is 3.16. The first kappa shape index (κ1) is 68.0. The van der Waals surface area contributed by atoms with Crippen LogP contribution in [0.1, 0.15) is 31.8 Å². The predicted molar refractivity (Wildman–Crippen MR) is 198 cm³/mol. The Labute approximate surface area is 517 Å². The van der Waals surface area contributed by atoms with E-state index in [4.69, 9.17) is 0 Å². The van der Waals surface area contributed by atoms with Gasteiger partial charge >= 0.3 is 177 Å². The van der Waals surface area contributed by atoms with Gasteiger partial charge in [0.25, 0.3) is 0 Å². The van der Waals surface area contributed by atoms with Crippen molar-refractivity contribution < 1.29 is 275 Å². The molecule has 0 saturated carbocycles. The zero-order valence-corrected chi connectivity index (χ0v) is 52.1. The van der Waals surface area contributed by atoms with E-state index in [0.29, 0.717) is 48.5 Å². The minimum absolute atomic E-state index is 0. The molecular weight excluding hydrogens is 1100 g/mol. The van der Waals surface area contributed by atoms with Gasteiger partial charge in [0.2, 0.25) is 11.6 Å². The Hall–Kier alpha value is -0.0400. The Morgan fingerprint density at radius 2 is 0.735 bits per heavy atom. The van der Waals surface area contributed by atoms with Gasteiger partial charge in [-0.25, -0.2) is 50.5 Å². The number of Topliss-reactive ketones (excluding diaryl/α,β-unsaturated/α-hetero) is 2. The van der Waals surface area contributed by atoms with Crippen molar-refractivity contribution in [3.8, 4) is 11.5 Å². The number of aromatic hydroxyl groups is 2. The van der Waals surface area contributed by atoms with Crippen molar-refractivity contribution in [3.63, 3.8) is 0 Å². The molecule has 0 fully saturated rings. The average Bonchev–Trinajstić information content (AvgIpc) is 3.10. The van der Waals surface area contributed by atoms with Gasteiger partial charge in [0.1, 0.15) is 83.6 Å². The molecule has 0 spiro atoms. The van der Waals surface area contributed by atoms with Gasteiger partial charge in [0.15, 0.2) is 0 Å². The molecule has 38 heteroatoms. The molecule has 4 aromatic rings. The molecule has 0 saturated heterocycles. The third-order valence-electron chi connectivity index (χ3n) is 8.43. The summed E-state index contributed by atoms with van der Waals surface area (Å²) >= 11 is 0. The number of phenols is 2. The number of hydrogen-bond donors (Lipinski definition) is 4. The summed E-state index contributed by atoms with van der Waals surface area (Å²) in [6.45, 7) is 0. The second kappa shape index (κ2) is 24.1. The van der Waals surface area contributed by atoms with Crippen molar-refractivity contribution in [3.05, 3.63) is 80.6 Å². The molecule has 0 aromatic heterocycles. The zero-order valence-electron chi connectivity index (χ0n) is 35.2. The van der Waals surface area contributed by atoms with Crippen molar-refractivity contribution in [1.29, 1.82) is 0 Å². The second-order valence-electron chi connectivity index (χ2n) is 12.4. The fourth-order valence-electron chi connectivity index (χ4n) is 5.88. The van der Waals surface area contributed by atoms with Crippen molar-refractivity contribution in [2.24, 2.45) is 10.2 Å². The van der Waals surface area contributed by atoms with Crippen LogP contribution in [-0.4, -0.2) is 111 Å². The third kappa shape index (κ3) is 14.6. The van der Waals surface area contributed by atoms with E-state index in [0.717, 1.165) is 0 Å². The molecule has 6 rings (SSSR count). The van der Waals surface area contributed by atoms with Crippen LogP contribution in [0.4, 0.5) is 11.4 Å². The number of fused-ring (bicyclic) bond motifs is 3. The minimum atomic E-state index is -5.91.